The van der Waals surface area contributed by atoms with Crippen molar-refractivity contribution in [2.75, 3.05) is 24.5 Å². The number of hydrogen-bond acceptors (Lipinski definition) is 3. The number of anilines is 1. The molecule has 0 amide bonds. The average Bonchev–Trinajstić information content (AvgIpc) is 2.43. The van der Waals surface area contributed by atoms with Gasteiger partial charge in [-0.15, -0.1) is 0 Å². The lowest BCUT2D eigenvalue weighted by Gasteiger charge is -2.36. The van der Waals surface area contributed by atoms with Crippen molar-refractivity contribution in [3.05, 3.63) is 29.8 Å². The van der Waals surface area contributed by atoms with Crippen molar-refractivity contribution < 1.29 is 0 Å². The summed E-state index contributed by atoms with van der Waals surface area (Å²) in [4.78, 5) is 2.36. The zero-order valence-corrected chi connectivity index (χ0v) is 11.9. The molecule has 3 heteroatoms. The molecule has 2 unspecified atom stereocenters. The number of nitrogens with zero attached hydrogens (tertiary/aromatic N) is 2. The van der Waals surface area contributed by atoms with Gasteiger partial charge < -0.3 is 10.2 Å². The number of fused-ring (bicyclic) bond motifs is 1. The molecule has 102 valence electrons. The topological polar surface area (TPSA) is 39.1 Å². The summed E-state index contributed by atoms with van der Waals surface area (Å²) in [6.07, 6.45) is 2.21. The molecule has 1 aliphatic heterocycles. The maximum absolute atomic E-state index is 9.26. The van der Waals surface area contributed by atoms with Gasteiger partial charge in [0.05, 0.1) is 6.07 Å². The summed E-state index contributed by atoms with van der Waals surface area (Å²) >= 11 is 0. The Morgan fingerprint density at radius 2 is 2.26 bits per heavy atom. The standard InChI is InChI=1S/C16H23N3/c1-3-8-18-15(10-17)12-19-11-13(2)9-14-6-4-5-7-16(14)19/h4-7,13,15,18H,3,8-9,11-12H2,1-2H3. The molecular weight excluding hydrogens is 234 g/mol. The summed E-state index contributed by atoms with van der Waals surface area (Å²) < 4.78 is 0. The number of para-hydroxylation sites is 1. The molecule has 2 atom stereocenters. The van der Waals surface area contributed by atoms with Gasteiger partial charge in [-0.3, -0.25) is 0 Å². The van der Waals surface area contributed by atoms with Crippen molar-refractivity contribution in [2.24, 2.45) is 5.92 Å². The number of rotatable bonds is 5. The summed E-state index contributed by atoms with van der Waals surface area (Å²) in [5.74, 6) is 0.653. The van der Waals surface area contributed by atoms with Crippen LogP contribution in [0.1, 0.15) is 25.8 Å². The van der Waals surface area contributed by atoms with E-state index in [-0.39, 0.29) is 6.04 Å². The molecule has 0 aliphatic carbocycles. The first-order chi connectivity index (χ1) is 9.24. The largest absolute Gasteiger partial charge is 0.368 e. The Labute approximate surface area is 116 Å². The SMILES string of the molecule is CCCNC(C#N)CN1CC(C)Cc2ccccc21. The molecule has 1 N–H and O–H groups in total. The molecule has 0 spiro atoms. The minimum atomic E-state index is -0.0849. The molecule has 1 aliphatic rings. The van der Waals surface area contributed by atoms with E-state index in [1.165, 1.54) is 11.3 Å². The zero-order valence-electron chi connectivity index (χ0n) is 11.9. The van der Waals surface area contributed by atoms with Gasteiger partial charge in [0.25, 0.3) is 0 Å². The molecule has 2 rings (SSSR count). The first kappa shape index (κ1) is 13.9. The van der Waals surface area contributed by atoms with Crippen LogP contribution in [0, 0.1) is 17.2 Å². The Bertz CT molecular complexity index is 450. The van der Waals surface area contributed by atoms with Gasteiger partial charge in [-0.2, -0.15) is 5.26 Å². The average molecular weight is 257 g/mol. The number of benzene rings is 1. The number of hydrogen-bond donors (Lipinski definition) is 1. The van der Waals surface area contributed by atoms with Crippen LogP contribution >= 0.6 is 0 Å². The normalized spacial score (nSPS) is 19.6. The Morgan fingerprint density at radius 1 is 1.47 bits per heavy atom. The smallest absolute Gasteiger partial charge is 0.113 e. The van der Waals surface area contributed by atoms with Gasteiger partial charge in [-0.05, 0) is 36.9 Å². The summed E-state index contributed by atoms with van der Waals surface area (Å²) in [6.45, 7) is 7.13. The first-order valence-corrected chi connectivity index (χ1v) is 7.20. The Morgan fingerprint density at radius 3 is 3.00 bits per heavy atom. The third kappa shape index (κ3) is 3.48. The van der Waals surface area contributed by atoms with Crippen LogP contribution in [0.2, 0.25) is 0 Å². The van der Waals surface area contributed by atoms with Crippen LogP contribution in [0.5, 0.6) is 0 Å². The lowest BCUT2D eigenvalue weighted by molar-refractivity contribution is 0.502. The van der Waals surface area contributed by atoms with Crippen LogP contribution in [0.3, 0.4) is 0 Å². The van der Waals surface area contributed by atoms with Crippen molar-refractivity contribution in [3.63, 3.8) is 0 Å². The summed E-state index contributed by atoms with van der Waals surface area (Å²) in [5.41, 5.74) is 2.72. The minimum absolute atomic E-state index is 0.0849. The quantitative estimate of drug-likeness (QED) is 0.881. The van der Waals surface area contributed by atoms with Crippen LogP contribution in [0.4, 0.5) is 5.69 Å². The molecule has 19 heavy (non-hydrogen) atoms. The van der Waals surface area contributed by atoms with Crippen LogP contribution < -0.4 is 10.2 Å². The number of nitrogens with one attached hydrogen (secondary N) is 1. The van der Waals surface area contributed by atoms with Gasteiger partial charge >= 0.3 is 0 Å². The van der Waals surface area contributed by atoms with E-state index < -0.39 is 0 Å². The second kappa shape index (κ2) is 6.58. The maximum atomic E-state index is 9.26. The predicted octanol–water partition coefficient (Wildman–Crippen LogP) is 2.58. The molecular formula is C16H23N3. The van der Waals surface area contributed by atoms with Gasteiger partial charge in [0.2, 0.25) is 0 Å². The van der Waals surface area contributed by atoms with Gasteiger partial charge in [0, 0.05) is 18.8 Å². The second-order valence-corrected chi connectivity index (χ2v) is 5.48. The van der Waals surface area contributed by atoms with Crippen molar-refractivity contribution >= 4 is 5.69 Å². The van der Waals surface area contributed by atoms with Crippen LogP contribution in [0.25, 0.3) is 0 Å². The van der Waals surface area contributed by atoms with E-state index in [9.17, 15) is 5.26 Å². The van der Waals surface area contributed by atoms with Crippen LogP contribution in [-0.2, 0) is 6.42 Å². The Kier molecular flexibility index (Phi) is 4.81. The van der Waals surface area contributed by atoms with Crippen molar-refractivity contribution in [1.29, 1.82) is 5.26 Å². The monoisotopic (exact) mass is 257 g/mol. The zero-order chi connectivity index (χ0) is 13.7. The van der Waals surface area contributed by atoms with E-state index >= 15 is 0 Å². The highest BCUT2D eigenvalue weighted by Gasteiger charge is 2.23. The van der Waals surface area contributed by atoms with Crippen molar-refractivity contribution in [2.45, 2.75) is 32.7 Å². The highest BCUT2D eigenvalue weighted by Crippen LogP contribution is 2.29. The van der Waals surface area contributed by atoms with E-state index in [0.29, 0.717) is 5.92 Å². The molecule has 1 heterocycles. The van der Waals surface area contributed by atoms with E-state index in [1.54, 1.807) is 0 Å². The van der Waals surface area contributed by atoms with Gasteiger partial charge in [0.15, 0.2) is 0 Å². The Hall–Kier alpha value is -1.53. The van der Waals surface area contributed by atoms with Crippen molar-refractivity contribution in [3.8, 4) is 6.07 Å². The molecule has 1 aromatic carbocycles. The van der Waals surface area contributed by atoms with Crippen LogP contribution in [-0.4, -0.2) is 25.7 Å². The second-order valence-electron chi connectivity index (χ2n) is 5.48. The lowest BCUT2D eigenvalue weighted by atomic mass is 9.93. The van der Waals surface area contributed by atoms with E-state index in [1.807, 2.05) is 0 Å². The van der Waals surface area contributed by atoms with Gasteiger partial charge in [-0.25, -0.2) is 0 Å². The molecule has 0 aromatic heterocycles. The molecule has 0 radical (unpaired) electrons. The first-order valence-electron chi connectivity index (χ1n) is 7.20. The fourth-order valence-corrected chi connectivity index (χ4v) is 2.77. The third-order valence-corrected chi connectivity index (χ3v) is 3.63. The fourth-order valence-electron chi connectivity index (χ4n) is 2.77. The fraction of sp³-hybridized carbons (Fsp3) is 0.562. The molecule has 0 saturated carbocycles. The molecule has 1 aromatic rings. The Balaban J connectivity index is 2.10. The third-order valence-electron chi connectivity index (χ3n) is 3.63. The summed E-state index contributed by atoms with van der Waals surface area (Å²) in [7, 11) is 0. The van der Waals surface area contributed by atoms with E-state index in [4.69, 9.17) is 0 Å². The predicted molar refractivity (Wildman–Crippen MR) is 79.2 cm³/mol. The van der Waals surface area contributed by atoms with Crippen LogP contribution in [0.15, 0.2) is 24.3 Å². The number of nitriles is 1. The van der Waals surface area contributed by atoms with E-state index in [0.717, 1.165) is 32.5 Å². The minimum Gasteiger partial charge on any atom is -0.368 e. The maximum Gasteiger partial charge on any atom is 0.113 e. The van der Waals surface area contributed by atoms with E-state index in [2.05, 4.69) is 54.4 Å². The highest BCUT2D eigenvalue weighted by atomic mass is 15.2. The summed E-state index contributed by atoms with van der Waals surface area (Å²) in [6, 6.07) is 10.9. The van der Waals surface area contributed by atoms with Gasteiger partial charge in [-0.1, -0.05) is 32.0 Å². The highest BCUT2D eigenvalue weighted by molar-refractivity contribution is 5.56. The molecule has 0 bridgehead atoms. The van der Waals surface area contributed by atoms with Gasteiger partial charge in [0.1, 0.15) is 6.04 Å². The van der Waals surface area contributed by atoms with Crippen molar-refractivity contribution in [1.82, 2.24) is 5.32 Å². The molecule has 0 saturated heterocycles. The summed E-state index contributed by atoms with van der Waals surface area (Å²) in [5, 5.41) is 12.6. The molecule has 3 nitrogen and oxygen atoms in total. The molecule has 0 fully saturated rings. The lowest BCUT2D eigenvalue weighted by Crippen LogP contribution is -2.44.